The third kappa shape index (κ3) is 3.85. The Hall–Kier alpha value is -1.26. The fourth-order valence-corrected chi connectivity index (χ4v) is 2.35. The molecule has 2 amide bonds. The molecule has 1 saturated heterocycles. The smallest absolute Gasteiger partial charge is 0.319 e. The SMILES string of the molecule is CN(C)C(=O)N1CCN(Cc2ccc(Cl)cc2)CC1. The van der Waals surface area contributed by atoms with Gasteiger partial charge < -0.3 is 9.80 Å². The van der Waals surface area contributed by atoms with Crippen molar-refractivity contribution < 1.29 is 4.79 Å². The van der Waals surface area contributed by atoms with Crippen LogP contribution in [0.3, 0.4) is 0 Å². The quantitative estimate of drug-likeness (QED) is 0.830. The minimum Gasteiger partial charge on any atom is -0.331 e. The monoisotopic (exact) mass is 281 g/mol. The van der Waals surface area contributed by atoms with Crippen LogP contribution in [0, 0.1) is 0 Å². The van der Waals surface area contributed by atoms with Gasteiger partial charge in [0.2, 0.25) is 0 Å². The highest BCUT2D eigenvalue weighted by molar-refractivity contribution is 6.30. The lowest BCUT2D eigenvalue weighted by Gasteiger charge is -2.35. The van der Waals surface area contributed by atoms with E-state index in [1.165, 1.54) is 5.56 Å². The average molecular weight is 282 g/mol. The maximum absolute atomic E-state index is 11.8. The highest BCUT2D eigenvalue weighted by atomic mass is 35.5. The molecule has 1 aliphatic rings. The molecule has 19 heavy (non-hydrogen) atoms. The first kappa shape index (κ1) is 14.2. The summed E-state index contributed by atoms with van der Waals surface area (Å²) in [5.74, 6) is 0. The predicted molar refractivity (Wildman–Crippen MR) is 77.4 cm³/mol. The Bertz CT molecular complexity index is 425. The summed E-state index contributed by atoms with van der Waals surface area (Å²) in [4.78, 5) is 17.7. The third-order valence-electron chi connectivity index (χ3n) is 3.34. The zero-order valence-electron chi connectivity index (χ0n) is 11.5. The van der Waals surface area contributed by atoms with Crippen molar-refractivity contribution in [1.82, 2.24) is 14.7 Å². The molecule has 0 saturated carbocycles. The van der Waals surface area contributed by atoms with Crippen molar-refractivity contribution in [3.63, 3.8) is 0 Å². The van der Waals surface area contributed by atoms with Crippen LogP contribution in [0.5, 0.6) is 0 Å². The van der Waals surface area contributed by atoms with E-state index in [9.17, 15) is 4.79 Å². The van der Waals surface area contributed by atoms with Gasteiger partial charge in [0.25, 0.3) is 0 Å². The molecule has 0 N–H and O–H groups in total. The van der Waals surface area contributed by atoms with Crippen LogP contribution in [0.1, 0.15) is 5.56 Å². The Morgan fingerprint density at radius 1 is 1.16 bits per heavy atom. The number of benzene rings is 1. The van der Waals surface area contributed by atoms with E-state index in [2.05, 4.69) is 17.0 Å². The van der Waals surface area contributed by atoms with Crippen LogP contribution in [-0.4, -0.2) is 61.0 Å². The minimum absolute atomic E-state index is 0.103. The fourth-order valence-electron chi connectivity index (χ4n) is 2.23. The Morgan fingerprint density at radius 3 is 2.26 bits per heavy atom. The fraction of sp³-hybridized carbons (Fsp3) is 0.500. The molecule has 1 aromatic carbocycles. The molecule has 1 aliphatic heterocycles. The second-order valence-corrected chi connectivity index (χ2v) is 5.50. The van der Waals surface area contributed by atoms with Crippen LogP contribution in [-0.2, 0) is 6.54 Å². The van der Waals surface area contributed by atoms with Gasteiger partial charge in [0.15, 0.2) is 0 Å². The van der Waals surface area contributed by atoms with Crippen molar-refractivity contribution in [2.24, 2.45) is 0 Å². The number of nitrogens with zero attached hydrogens (tertiary/aromatic N) is 3. The molecule has 0 aromatic heterocycles. The lowest BCUT2D eigenvalue weighted by atomic mass is 10.2. The van der Waals surface area contributed by atoms with Crippen molar-refractivity contribution in [3.8, 4) is 0 Å². The Balaban J connectivity index is 1.83. The van der Waals surface area contributed by atoms with E-state index < -0.39 is 0 Å². The van der Waals surface area contributed by atoms with Crippen LogP contribution in [0.4, 0.5) is 4.79 Å². The lowest BCUT2D eigenvalue weighted by Crippen LogP contribution is -2.51. The van der Waals surface area contributed by atoms with Crippen LogP contribution in [0.15, 0.2) is 24.3 Å². The Kier molecular flexibility index (Phi) is 4.66. The molecule has 5 heteroatoms. The number of carbonyl (C=O) groups is 1. The topological polar surface area (TPSA) is 26.8 Å². The Morgan fingerprint density at radius 2 is 1.74 bits per heavy atom. The van der Waals surface area contributed by atoms with Crippen molar-refractivity contribution in [2.75, 3.05) is 40.3 Å². The first-order chi connectivity index (χ1) is 9.06. The van der Waals surface area contributed by atoms with Crippen LogP contribution < -0.4 is 0 Å². The van der Waals surface area contributed by atoms with Gasteiger partial charge in [-0.15, -0.1) is 0 Å². The zero-order valence-corrected chi connectivity index (χ0v) is 12.2. The second-order valence-electron chi connectivity index (χ2n) is 5.07. The largest absolute Gasteiger partial charge is 0.331 e. The number of urea groups is 1. The number of hydrogen-bond acceptors (Lipinski definition) is 2. The summed E-state index contributed by atoms with van der Waals surface area (Å²) < 4.78 is 0. The molecule has 0 unspecified atom stereocenters. The van der Waals surface area contributed by atoms with Crippen molar-refractivity contribution in [2.45, 2.75) is 6.54 Å². The van der Waals surface area contributed by atoms with Gasteiger partial charge in [-0.1, -0.05) is 23.7 Å². The zero-order chi connectivity index (χ0) is 13.8. The molecule has 1 heterocycles. The maximum atomic E-state index is 11.8. The molecule has 0 spiro atoms. The molecule has 1 fully saturated rings. The number of rotatable bonds is 2. The molecule has 2 rings (SSSR count). The minimum atomic E-state index is 0.103. The maximum Gasteiger partial charge on any atom is 0.319 e. The third-order valence-corrected chi connectivity index (χ3v) is 3.60. The standard InChI is InChI=1S/C14H20ClN3O/c1-16(2)14(19)18-9-7-17(8-10-18)11-12-3-5-13(15)6-4-12/h3-6H,7-11H2,1-2H3. The number of carbonyl (C=O) groups excluding carboxylic acids is 1. The number of piperazine rings is 1. The van der Waals surface area contributed by atoms with Gasteiger partial charge in [0, 0.05) is 51.8 Å². The van der Waals surface area contributed by atoms with E-state index in [1.807, 2.05) is 17.0 Å². The summed E-state index contributed by atoms with van der Waals surface area (Å²) in [6.07, 6.45) is 0. The van der Waals surface area contributed by atoms with E-state index in [4.69, 9.17) is 11.6 Å². The Labute approximate surface area is 119 Å². The number of hydrogen-bond donors (Lipinski definition) is 0. The summed E-state index contributed by atoms with van der Waals surface area (Å²) in [5.41, 5.74) is 1.26. The molecule has 104 valence electrons. The van der Waals surface area contributed by atoms with Gasteiger partial charge in [-0.25, -0.2) is 4.79 Å². The molecule has 0 atom stereocenters. The normalized spacial score (nSPS) is 16.5. The van der Waals surface area contributed by atoms with Gasteiger partial charge in [-0.05, 0) is 17.7 Å². The molecular formula is C14H20ClN3O. The lowest BCUT2D eigenvalue weighted by molar-refractivity contribution is 0.120. The summed E-state index contributed by atoms with van der Waals surface area (Å²) in [6.45, 7) is 4.35. The van der Waals surface area contributed by atoms with Gasteiger partial charge in [0.1, 0.15) is 0 Å². The molecule has 0 bridgehead atoms. The van der Waals surface area contributed by atoms with E-state index in [0.717, 1.165) is 37.7 Å². The first-order valence-electron chi connectivity index (χ1n) is 6.49. The molecule has 4 nitrogen and oxygen atoms in total. The van der Waals surface area contributed by atoms with Gasteiger partial charge >= 0.3 is 6.03 Å². The summed E-state index contributed by atoms with van der Waals surface area (Å²) >= 11 is 5.88. The second kappa shape index (κ2) is 6.26. The van der Waals surface area contributed by atoms with E-state index in [1.54, 1.807) is 19.0 Å². The summed E-state index contributed by atoms with van der Waals surface area (Å²) in [6, 6.07) is 8.05. The van der Waals surface area contributed by atoms with Crippen LogP contribution in [0.25, 0.3) is 0 Å². The molecular weight excluding hydrogens is 262 g/mol. The highest BCUT2D eigenvalue weighted by Gasteiger charge is 2.21. The average Bonchev–Trinajstić information content (AvgIpc) is 2.41. The van der Waals surface area contributed by atoms with Crippen LogP contribution in [0.2, 0.25) is 5.02 Å². The summed E-state index contributed by atoms with van der Waals surface area (Å²) in [7, 11) is 3.59. The molecule has 0 radical (unpaired) electrons. The van der Waals surface area contributed by atoms with Gasteiger partial charge in [0.05, 0.1) is 0 Å². The molecule has 0 aliphatic carbocycles. The summed E-state index contributed by atoms with van der Waals surface area (Å²) in [5, 5.41) is 0.769. The van der Waals surface area contributed by atoms with Crippen LogP contribution >= 0.6 is 11.6 Å². The number of amides is 2. The van der Waals surface area contributed by atoms with Crippen molar-refractivity contribution in [1.29, 1.82) is 0 Å². The predicted octanol–water partition coefficient (Wildman–Crippen LogP) is 2.14. The molecule has 1 aromatic rings. The van der Waals surface area contributed by atoms with Crippen molar-refractivity contribution in [3.05, 3.63) is 34.9 Å². The highest BCUT2D eigenvalue weighted by Crippen LogP contribution is 2.13. The van der Waals surface area contributed by atoms with E-state index >= 15 is 0 Å². The van der Waals surface area contributed by atoms with Gasteiger partial charge in [-0.3, -0.25) is 4.90 Å². The first-order valence-corrected chi connectivity index (χ1v) is 6.87. The van der Waals surface area contributed by atoms with Crippen molar-refractivity contribution >= 4 is 17.6 Å². The van der Waals surface area contributed by atoms with E-state index in [0.29, 0.717) is 0 Å². The van der Waals surface area contributed by atoms with E-state index in [-0.39, 0.29) is 6.03 Å². The van der Waals surface area contributed by atoms with Gasteiger partial charge in [-0.2, -0.15) is 0 Å². The number of halogens is 1.